The van der Waals surface area contributed by atoms with Gasteiger partial charge in [-0.15, -0.1) is 0 Å². The summed E-state index contributed by atoms with van der Waals surface area (Å²) in [6.07, 6.45) is 4.48. The Hall–Kier alpha value is -2.36. The molecule has 4 nitrogen and oxygen atoms in total. The number of allylic oxidation sites excluding steroid dienone is 3. The Morgan fingerprint density at radius 2 is 1.78 bits per heavy atom. The van der Waals surface area contributed by atoms with E-state index in [1.54, 1.807) is 6.08 Å². The number of aliphatic imine (C=N–C) groups is 1. The van der Waals surface area contributed by atoms with Crippen molar-refractivity contribution in [1.82, 2.24) is 0 Å². The lowest BCUT2D eigenvalue weighted by atomic mass is 10.1. The van der Waals surface area contributed by atoms with Gasteiger partial charge in [0.25, 0.3) is 0 Å². The van der Waals surface area contributed by atoms with Crippen LogP contribution in [0.5, 0.6) is 0 Å². The number of hydrogen-bond donors (Lipinski definition) is 1. The van der Waals surface area contributed by atoms with E-state index in [-0.39, 0.29) is 5.78 Å². The number of carbonyl (C=O) groups is 1. The summed E-state index contributed by atoms with van der Waals surface area (Å²) in [6, 6.07) is 7.80. The van der Waals surface area contributed by atoms with Crippen LogP contribution in [0.3, 0.4) is 0 Å². The second-order valence-electron chi connectivity index (χ2n) is 4.24. The van der Waals surface area contributed by atoms with Crippen molar-refractivity contribution in [3.63, 3.8) is 0 Å². The van der Waals surface area contributed by atoms with Crippen LogP contribution in [-0.2, 0) is 4.79 Å². The molecule has 1 aliphatic carbocycles. The molecule has 0 aromatic heterocycles. The Kier molecular flexibility index (Phi) is 3.28. The van der Waals surface area contributed by atoms with Crippen molar-refractivity contribution >= 4 is 22.9 Å². The first-order valence-corrected chi connectivity index (χ1v) is 5.62. The summed E-state index contributed by atoms with van der Waals surface area (Å²) in [7, 11) is 3.97. The van der Waals surface area contributed by atoms with Gasteiger partial charge in [0.15, 0.2) is 5.78 Å². The molecule has 2 rings (SSSR count). The van der Waals surface area contributed by atoms with Crippen LogP contribution in [0, 0.1) is 0 Å². The third-order valence-electron chi connectivity index (χ3n) is 2.61. The summed E-state index contributed by atoms with van der Waals surface area (Å²) in [5.41, 5.74) is 8.68. The minimum Gasteiger partial charge on any atom is -0.397 e. The van der Waals surface area contributed by atoms with Crippen LogP contribution < -0.4 is 10.6 Å². The minimum atomic E-state index is -0.102. The fourth-order valence-electron chi connectivity index (χ4n) is 1.60. The first kappa shape index (κ1) is 12.1. The smallest absolute Gasteiger partial charge is 0.180 e. The predicted octanol–water partition coefficient (Wildman–Crippen LogP) is 1.81. The van der Waals surface area contributed by atoms with Crippen LogP contribution in [0.15, 0.2) is 53.2 Å². The number of anilines is 1. The van der Waals surface area contributed by atoms with E-state index in [2.05, 4.69) is 4.99 Å². The van der Waals surface area contributed by atoms with Gasteiger partial charge in [-0.2, -0.15) is 0 Å². The zero-order chi connectivity index (χ0) is 13.1. The predicted molar refractivity (Wildman–Crippen MR) is 74.3 cm³/mol. The molecule has 0 saturated heterocycles. The lowest BCUT2D eigenvalue weighted by Gasteiger charge is -2.12. The van der Waals surface area contributed by atoms with E-state index in [1.165, 1.54) is 12.2 Å². The van der Waals surface area contributed by atoms with Gasteiger partial charge in [-0.1, -0.05) is 0 Å². The van der Waals surface area contributed by atoms with Crippen molar-refractivity contribution in [2.45, 2.75) is 0 Å². The maximum absolute atomic E-state index is 11.1. The molecule has 0 heterocycles. The highest BCUT2D eigenvalue weighted by atomic mass is 16.1. The van der Waals surface area contributed by atoms with Crippen molar-refractivity contribution < 1.29 is 4.79 Å². The summed E-state index contributed by atoms with van der Waals surface area (Å²) in [4.78, 5) is 17.5. The lowest BCUT2D eigenvalue weighted by Crippen LogP contribution is -2.14. The summed E-state index contributed by atoms with van der Waals surface area (Å²) in [6.45, 7) is 0. The van der Waals surface area contributed by atoms with Crippen LogP contribution in [-0.4, -0.2) is 25.6 Å². The van der Waals surface area contributed by atoms with Crippen LogP contribution in [0.1, 0.15) is 0 Å². The molecule has 0 amide bonds. The van der Waals surface area contributed by atoms with Gasteiger partial charge in [0.05, 0.1) is 17.1 Å². The zero-order valence-electron chi connectivity index (χ0n) is 10.4. The number of rotatable bonds is 2. The fraction of sp³-hybridized carbons (Fsp3) is 0.143. The van der Waals surface area contributed by atoms with Gasteiger partial charge in [0.2, 0.25) is 0 Å². The number of ketones is 1. The quantitative estimate of drug-likeness (QED) is 0.803. The van der Waals surface area contributed by atoms with Gasteiger partial charge in [0.1, 0.15) is 0 Å². The number of benzene rings is 1. The van der Waals surface area contributed by atoms with E-state index in [9.17, 15) is 4.79 Å². The van der Waals surface area contributed by atoms with E-state index in [0.29, 0.717) is 11.4 Å². The maximum atomic E-state index is 11.1. The van der Waals surface area contributed by atoms with Gasteiger partial charge in [0, 0.05) is 25.9 Å². The molecule has 0 atom stereocenters. The molecule has 18 heavy (non-hydrogen) atoms. The van der Waals surface area contributed by atoms with Crippen LogP contribution >= 0.6 is 0 Å². The van der Waals surface area contributed by atoms with Crippen LogP contribution in [0.2, 0.25) is 0 Å². The molecule has 92 valence electrons. The third-order valence-corrected chi connectivity index (χ3v) is 2.61. The van der Waals surface area contributed by atoms with Gasteiger partial charge in [-0.05, 0) is 36.4 Å². The minimum absolute atomic E-state index is 0.102. The molecule has 0 unspecified atom stereocenters. The molecule has 4 heteroatoms. The molecule has 2 N–H and O–H groups in total. The summed E-state index contributed by atoms with van der Waals surface area (Å²) < 4.78 is 0. The van der Waals surface area contributed by atoms with Crippen molar-refractivity contribution in [1.29, 1.82) is 0 Å². The van der Waals surface area contributed by atoms with E-state index >= 15 is 0 Å². The second kappa shape index (κ2) is 4.87. The molecule has 1 aromatic carbocycles. The van der Waals surface area contributed by atoms with Crippen LogP contribution in [0.4, 0.5) is 11.4 Å². The first-order chi connectivity index (χ1) is 8.56. The Morgan fingerprint density at radius 1 is 1.11 bits per heavy atom. The number of nitrogens with zero attached hydrogens (tertiary/aromatic N) is 2. The molecule has 0 aliphatic heterocycles. The molecule has 0 saturated carbocycles. The number of nitrogens with two attached hydrogens (primary N) is 1. The summed E-state index contributed by atoms with van der Waals surface area (Å²) in [5, 5.41) is 0. The van der Waals surface area contributed by atoms with E-state index in [4.69, 9.17) is 5.73 Å². The summed E-state index contributed by atoms with van der Waals surface area (Å²) in [5.74, 6) is -0.102. The van der Waals surface area contributed by atoms with Crippen molar-refractivity contribution in [2.75, 3.05) is 19.0 Å². The maximum Gasteiger partial charge on any atom is 0.180 e. The van der Waals surface area contributed by atoms with Gasteiger partial charge in [-0.25, -0.2) is 4.99 Å². The Bertz CT molecular complexity index is 551. The Balaban J connectivity index is 2.26. The van der Waals surface area contributed by atoms with E-state index in [1.807, 2.05) is 43.3 Å². The van der Waals surface area contributed by atoms with Gasteiger partial charge < -0.3 is 10.6 Å². The summed E-state index contributed by atoms with van der Waals surface area (Å²) >= 11 is 0. The first-order valence-electron chi connectivity index (χ1n) is 5.62. The molecule has 1 aromatic rings. The van der Waals surface area contributed by atoms with Crippen molar-refractivity contribution in [2.24, 2.45) is 10.7 Å². The average Bonchev–Trinajstić information content (AvgIpc) is 2.33. The van der Waals surface area contributed by atoms with E-state index in [0.717, 1.165) is 11.4 Å². The van der Waals surface area contributed by atoms with Gasteiger partial charge in [-0.3, -0.25) is 4.79 Å². The third kappa shape index (κ3) is 2.66. The topological polar surface area (TPSA) is 58.7 Å². The molecular weight excluding hydrogens is 226 g/mol. The average molecular weight is 241 g/mol. The molecule has 0 fully saturated rings. The monoisotopic (exact) mass is 241 g/mol. The normalized spacial score (nSPS) is 16.9. The highest BCUT2D eigenvalue weighted by Gasteiger charge is 2.07. The molecule has 0 spiro atoms. The van der Waals surface area contributed by atoms with Gasteiger partial charge >= 0.3 is 0 Å². The Labute approximate surface area is 106 Å². The SMILES string of the molecule is CN(C)c1ccc(N=C2C=CC(=O)C=C2N)cc1. The van der Waals surface area contributed by atoms with Crippen LogP contribution in [0.25, 0.3) is 0 Å². The molecule has 1 aliphatic rings. The number of carbonyl (C=O) groups excluding carboxylic acids is 1. The second-order valence-corrected chi connectivity index (χ2v) is 4.24. The molecule has 0 bridgehead atoms. The van der Waals surface area contributed by atoms with Crippen molar-refractivity contribution in [3.05, 3.63) is 48.2 Å². The highest BCUT2D eigenvalue weighted by Crippen LogP contribution is 2.19. The fourth-order valence-corrected chi connectivity index (χ4v) is 1.60. The van der Waals surface area contributed by atoms with Crippen molar-refractivity contribution in [3.8, 4) is 0 Å². The molecular formula is C14H15N3O. The zero-order valence-corrected chi connectivity index (χ0v) is 10.4. The molecule has 0 radical (unpaired) electrons. The largest absolute Gasteiger partial charge is 0.397 e. The van der Waals surface area contributed by atoms with E-state index < -0.39 is 0 Å². The standard InChI is InChI=1S/C14H15N3O/c1-17(2)11-5-3-10(4-6-11)16-14-8-7-12(18)9-13(14)15/h3-9H,15H2,1-2H3. The number of hydrogen-bond acceptors (Lipinski definition) is 4. The lowest BCUT2D eigenvalue weighted by molar-refractivity contribution is -0.110. The highest BCUT2D eigenvalue weighted by molar-refractivity contribution is 6.19. The Morgan fingerprint density at radius 3 is 2.33 bits per heavy atom.